The van der Waals surface area contributed by atoms with Gasteiger partial charge >= 0.3 is 0 Å². The molecule has 0 fully saturated rings. The van der Waals surface area contributed by atoms with E-state index in [9.17, 15) is 13.6 Å². The van der Waals surface area contributed by atoms with E-state index in [1.54, 1.807) is 13.0 Å². The molecule has 2 aromatic rings. The van der Waals surface area contributed by atoms with Crippen molar-refractivity contribution in [2.24, 2.45) is 0 Å². The number of carbonyl (C=O) groups is 1. The lowest BCUT2D eigenvalue weighted by Crippen LogP contribution is -2.15. The minimum absolute atomic E-state index is 0.0608. The Hall–Kier alpha value is -2.43. The van der Waals surface area contributed by atoms with Crippen molar-refractivity contribution in [1.82, 2.24) is 0 Å². The summed E-state index contributed by atoms with van der Waals surface area (Å²) in [5.41, 5.74) is 0.499. The molecule has 0 atom stereocenters. The fourth-order valence-corrected chi connectivity index (χ4v) is 1.72. The van der Waals surface area contributed by atoms with Gasteiger partial charge in [0.2, 0.25) is 0 Å². The second-order valence-electron chi connectivity index (χ2n) is 4.28. The third kappa shape index (κ3) is 2.93. The first-order valence-electron chi connectivity index (χ1n) is 5.92. The minimum Gasteiger partial charge on any atom is -0.497 e. The summed E-state index contributed by atoms with van der Waals surface area (Å²) in [6.07, 6.45) is 0. The number of aryl methyl sites for hydroxylation is 1. The fraction of sp³-hybridized carbons (Fsp3) is 0.133. The predicted molar refractivity (Wildman–Crippen MR) is 72.0 cm³/mol. The van der Waals surface area contributed by atoms with E-state index in [-0.39, 0.29) is 11.3 Å². The summed E-state index contributed by atoms with van der Waals surface area (Å²) in [7, 11) is 1.43. The van der Waals surface area contributed by atoms with Crippen LogP contribution in [0.2, 0.25) is 0 Å². The third-order valence-electron chi connectivity index (χ3n) is 2.79. The Morgan fingerprint density at radius 2 is 1.85 bits per heavy atom. The molecule has 3 nitrogen and oxygen atoms in total. The minimum atomic E-state index is -0.713. The lowest BCUT2D eigenvalue weighted by atomic mass is 10.1. The van der Waals surface area contributed by atoms with Gasteiger partial charge in [-0.2, -0.15) is 0 Å². The second-order valence-corrected chi connectivity index (χ2v) is 4.28. The molecule has 0 saturated carbocycles. The van der Waals surface area contributed by atoms with E-state index in [1.807, 2.05) is 0 Å². The summed E-state index contributed by atoms with van der Waals surface area (Å²) in [6.45, 7) is 1.71. The van der Waals surface area contributed by atoms with Gasteiger partial charge < -0.3 is 10.1 Å². The highest BCUT2D eigenvalue weighted by molar-refractivity contribution is 6.04. The Kier molecular flexibility index (Phi) is 3.98. The number of amides is 1. The van der Waals surface area contributed by atoms with Gasteiger partial charge in [-0.25, -0.2) is 8.78 Å². The average molecular weight is 277 g/mol. The van der Waals surface area contributed by atoms with E-state index < -0.39 is 17.5 Å². The van der Waals surface area contributed by atoms with Crippen molar-refractivity contribution in [3.05, 3.63) is 59.2 Å². The lowest BCUT2D eigenvalue weighted by molar-refractivity contribution is 0.102. The van der Waals surface area contributed by atoms with Crippen molar-refractivity contribution >= 4 is 11.6 Å². The molecule has 0 heterocycles. The number of benzene rings is 2. The van der Waals surface area contributed by atoms with Crippen molar-refractivity contribution in [2.75, 3.05) is 12.4 Å². The second kappa shape index (κ2) is 5.69. The van der Waals surface area contributed by atoms with Crippen LogP contribution in [0.1, 0.15) is 15.9 Å². The number of ether oxygens (including phenoxy) is 1. The normalized spacial score (nSPS) is 10.2. The van der Waals surface area contributed by atoms with Gasteiger partial charge in [0.25, 0.3) is 5.91 Å². The van der Waals surface area contributed by atoms with Crippen molar-refractivity contribution in [3.63, 3.8) is 0 Å². The Bertz CT molecular complexity index is 656. The van der Waals surface area contributed by atoms with Crippen LogP contribution in [0.25, 0.3) is 0 Å². The van der Waals surface area contributed by atoms with Crippen LogP contribution in [0.3, 0.4) is 0 Å². The van der Waals surface area contributed by atoms with Gasteiger partial charge in [-0.15, -0.1) is 0 Å². The average Bonchev–Trinajstić information content (AvgIpc) is 2.41. The maximum absolute atomic E-state index is 13.7. The van der Waals surface area contributed by atoms with Crippen molar-refractivity contribution in [3.8, 4) is 5.75 Å². The number of halogens is 2. The molecule has 0 saturated heterocycles. The molecule has 0 aliphatic heterocycles. The number of rotatable bonds is 3. The van der Waals surface area contributed by atoms with Crippen LogP contribution in [0.4, 0.5) is 14.5 Å². The molecule has 0 bridgehead atoms. The Morgan fingerprint density at radius 1 is 1.10 bits per heavy atom. The summed E-state index contributed by atoms with van der Waals surface area (Å²) in [6, 6.07) is 8.14. The highest BCUT2D eigenvalue weighted by atomic mass is 19.1. The summed E-state index contributed by atoms with van der Waals surface area (Å²) < 4.78 is 32.2. The Labute approximate surface area is 115 Å². The first kappa shape index (κ1) is 14.0. The van der Waals surface area contributed by atoms with Crippen molar-refractivity contribution in [2.45, 2.75) is 6.92 Å². The number of hydrogen-bond acceptors (Lipinski definition) is 2. The smallest absolute Gasteiger partial charge is 0.258 e. The van der Waals surface area contributed by atoms with E-state index >= 15 is 0 Å². The zero-order valence-electron chi connectivity index (χ0n) is 11.0. The third-order valence-corrected chi connectivity index (χ3v) is 2.79. The molecule has 20 heavy (non-hydrogen) atoms. The molecule has 0 spiro atoms. The van der Waals surface area contributed by atoms with E-state index in [1.165, 1.54) is 37.4 Å². The lowest BCUT2D eigenvalue weighted by Gasteiger charge is -2.09. The van der Waals surface area contributed by atoms with Crippen molar-refractivity contribution in [1.29, 1.82) is 0 Å². The van der Waals surface area contributed by atoms with Gasteiger partial charge in [-0.3, -0.25) is 4.79 Å². The van der Waals surface area contributed by atoms with Crippen LogP contribution in [0, 0.1) is 18.6 Å². The van der Waals surface area contributed by atoms with Crippen LogP contribution in [-0.4, -0.2) is 13.0 Å². The number of nitrogens with one attached hydrogen (secondary N) is 1. The SMILES string of the molecule is COc1ccc(F)c(NC(=O)c2ccc(C)cc2F)c1. The first-order chi connectivity index (χ1) is 9.51. The van der Waals surface area contributed by atoms with E-state index in [0.29, 0.717) is 11.3 Å². The molecule has 0 aromatic heterocycles. The van der Waals surface area contributed by atoms with Crippen LogP contribution >= 0.6 is 0 Å². The quantitative estimate of drug-likeness (QED) is 0.932. The first-order valence-corrected chi connectivity index (χ1v) is 5.92. The molecular weight excluding hydrogens is 264 g/mol. The molecule has 5 heteroatoms. The molecular formula is C15H13F2NO2. The zero-order chi connectivity index (χ0) is 14.7. The van der Waals surface area contributed by atoms with Gasteiger partial charge in [-0.1, -0.05) is 6.07 Å². The number of hydrogen-bond donors (Lipinski definition) is 1. The molecule has 0 unspecified atom stereocenters. The molecule has 1 amide bonds. The molecule has 2 rings (SSSR count). The summed E-state index contributed by atoms with van der Waals surface area (Å²) >= 11 is 0. The molecule has 0 aliphatic rings. The summed E-state index contributed by atoms with van der Waals surface area (Å²) in [4.78, 5) is 11.9. The summed E-state index contributed by atoms with van der Waals surface area (Å²) in [5, 5.41) is 2.33. The van der Waals surface area contributed by atoms with Crippen LogP contribution in [-0.2, 0) is 0 Å². The molecule has 0 radical (unpaired) electrons. The highest BCUT2D eigenvalue weighted by Gasteiger charge is 2.14. The van der Waals surface area contributed by atoms with Gasteiger partial charge in [0.15, 0.2) is 0 Å². The van der Waals surface area contributed by atoms with Gasteiger partial charge in [0, 0.05) is 6.07 Å². The van der Waals surface area contributed by atoms with Gasteiger partial charge in [0.05, 0.1) is 18.4 Å². The van der Waals surface area contributed by atoms with E-state index in [4.69, 9.17) is 4.74 Å². The molecule has 104 valence electrons. The van der Waals surface area contributed by atoms with Crippen LogP contribution in [0.5, 0.6) is 5.75 Å². The van der Waals surface area contributed by atoms with Gasteiger partial charge in [-0.05, 0) is 36.8 Å². The fourth-order valence-electron chi connectivity index (χ4n) is 1.72. The number of methoxy groups -OCH3 is 1. The molecule has 2 aromatic carbocycles. The zero-order valence-corrected chi connectivity index (χ0v) is 11.0. The van der Waals surface area contributed by atoms with E-state index in [2.05, 4.69) is 5.32 Å². The maximum atomic E-state index is 13.7. The van der Waals surface area contributed by atoms with Crippen LogP contribution in [0.15, 0.2) is 36.4 Å². The number of anilines is 1. The van der Waals surface area contributed by atoms with Gasteiger partial charge in [0.1, 0.15) is 17.4 Å². The molecule has 1 N–H and O–H groups in total. The van der Waals surface area contributed by atoms with Crippen molar-refractivity contribution < 1.29 is 18.3 Å². The monoisotopic (exact) mass is 277 g/mol. The number of carbonyl (C=O) groups excluding carboxylic acids is 1. The van der Waals surface area contributed by atoms with E-state index in [0.717, 1.165) is 0 Å². The van der Waals surface area contributed by atoms with Crippen LogP contribution < -0.4 is 10.1 Å². The summed E-state index contributed by atoms with van der Waals surface area (Å²) in [5.74, 6) is -1.58. The Morgan fingerprint density at radius 3 is 2.50 bits per heavy atom. The topological polar surface area (TPSA) is 38.3 Å². The highest BCUT2D eigenvalue weighted by Crippen LogP contribution is 2.22. The largest absolute Gasteiger partial charge is 0.497 e. The predicted octanol–water partition coefficient (Wildman–Crippen LogP) is 3.53. The Balaban J connectivity index is 2.27. The standard InChI is InChI=1S/C15H13F2NO2/c1-9-3-5-11(13(17)7-9)15(19)18-14-8-10(20-2)4-6-12(14)16/h3-8H,1-2H3,(H,18,19). The molecule has 0 aliphatic carbocycles. The maximum Gasteiger partial charge on any atom is 0.258 e.